The molecule has 0 fully saturated rings. The molecule has 0 unspecified atom stereocenters. The molecule has 0 saturated heterocycles. The third-order valence-electron chi connectivity index (χ3n) is 4.28. The molecule has 9 heteroatoms. The van der Waals surface area contributed by atoms with E-state index in [1.54, 1.807) is 30.3 Å². The highest BCUT2D eigenvalue weighted by Gasteiger charge is 2.15. The highest BCUT2D eigenvalue weighted by Crippen LogP contribution is 2.22. The molecule has 3 aromatic rings. The second kappa shape index (κ2) is 10.3. The number of nitrogens with zero attached hydrogens (tertiary/aromatic N) is 3. The van der Waals surface area contributed by atoms with E-state index >= 15 is 0 Å². The summed E-state index contributed by atoms with van der Waals surface area (Å²) in [6, 6.07) is 14.5. The van der Waals surface area contributed by atoms with Crippen LogP contribution in [0.15, 0.2) is 53.7 Å². The van der Waals surface area contributed by atoms with Crippen molar-refractivity contribution in [1.82, 2.24) is 20.1 Å². The monoisotopic (exact) mass is 443 g/mol. The lowest BCUT2D eigenvalue weighted by Gasteiger charge is -2.09. The predicted octanol–water partition coefficient (Wildman–Crippen LogP) is 3.92. The van der Waals surface area contributed by atoms with Gasteiger partial charge in [-0.2, -0.15) is 0 Å². The van der Waals surface area contributed by atoms with E-state index in [2.05, 4.69) is 20.8 Å². The van der Waals surface area contributed by atoms with Gasteiger partial charge in [-0.1, -0.05) is 53.2 Å². The van der Waals surface area contributed by atoms with Crippen molar-refractivity contribution in [1.29, 1.82) is 0 Å². The molecule has 3 rings (SSSR count). The number of aryl methyl sites for hydroxylation is 1. The number of benzene rings is 2. The molecule has 156 valence electrons. The fourth-order valence-corrected chi connectivity index (χ4v) is 3.81. The predicted molar refractivity (Wildman–Crippen MR) is 119 cm³/mol. The summed E-state index contributed by atoms with van der Waals surface area (Å²) in [6.07, 6.45) is 0. The van der Waals surface area contributed by atoms with Gasteiger partial charge in [0.05, 0.1) is 23.0 Å². The number of carbonyl (C=O) groups is 2. The Kier molecular flexibility index (Phi) is 7.48. The molecule has 0 saturated carbocycles. The number of aromatic nitrogens is 3. The third kappa shape index (κ3) is 5.61. The maximum atomic E-state index is 12.4. The van der Waals surface area contributed by atoms with E-state index in [0.717, 1.165) is 5.56 Å². The van der Waals surface area contributed by atoms with Crippen LogP contribution >= 0.6 is 23.4 Å². The number of hydrogen-bond acceptors (Lipinski definition) is 5. The van der Waals surface area contributed by atoms with Crippen LogP contribution in [0.3, 0.4) is 0 Å². The van der Waals surface area contributed by atoms with Crippen LogP contribution in [-0.4, -0.2) is 32.3 Å². The Labute approximate surface area is 184 Å². The lowest BCUT2D eigenvalue weighted by Crippen LogP contribution is -2.25. The van der Waals surface area contributed by atoms with E-state index in [1.807, 2.05) is 36.6 Å². The van der Waals surface area contributed by atoms with Crippen LogP contribution in [0.4, 0.5) is 5.69 Å². The molecule has 0 aliphatic rings. The zero-order chi connectivity index (χ0) is 21.5. The van der Waals surface area contributed by atoms with Gasteiger partial charge in [-0.25, -0.2) is 0 Å². The molecule has 1 aromatic heterocycles. The summed E-state index contributed by atoms with van der Waals surface area (Å²) in [5.41, 5.74) is 2.19. The van der Waals surface area contributed by atoms with Crippen molar-refractivity contribution < 1.29 is 9.59 Å². The van der Waals surface area contributed by atoms with Crippen LogP contribution in [0, 0.1) is 6.92 Å². The summed E-state index contributed by atoms with van der Waals surface area (Å²) in [7, 11) is 0. The van der Waals surface area contributed by atoms with Crippen molar-refractivity contribution in [3.63, 3.8) is 0 Å². The van der Waals surface area contributed by atoms with Gasteiger partial charge >= 0.3 is 0 Å². The van der Waals surface area contributed by atoms with E-state index in [9.17, 15) is 9.59 Å². The van der Waals surface area contributed by atoms with Gasteiger partial charge in [-0.05, 0) is 38.1 Å². The minimum atomic E-state index is -0.187. The lowest BCUT2D eigenvalue weighted by molar-refractivity contribution is -0.113. The highest BCUT2D eigenvalue weighted by molar-refractivity contribution is 7.99. The zero-order valence-corrected chi connectivity index (χ0v) is 18.3. The van der Waals surface area contributed by atoms with Gasteiger partial charge in [-0.3, -0.25) is 9.59 Å². The normalized spacial score (nSPS) is 10.6. The van der Waals surface area contributed by atoms with E-state index in [0.29, 0.717) is 33.8 Å². The second-order valence-electron chi connectivity index (χ2n) is 6.51. The molecule has 2 N–H and O–H groups in total. The van der Waals surface area contributed by atoms with Gasteiger partial charge in [0.25, 0.3) is 5.91 Å². The quantitative estimate of drug-likeness (QED) is 0.515. The number of anilines is 1. The summed E-state index contributed by atoms with van der Waals surface area (Å²) >= 11 is 7.35. The van der Waals surface area contributed by atoms with Gasteiger partial charge in [0.1, 0.15) is 0 Å². The average Bonchev–Trinajstić information content (AvgIpc) is 3.14. The maximum absolute atomic E-state index is 12.4. The first-order valence-electron chi connectivity index (χ1n) is 9.42. The van der Waals surface area contributed by atoms with Gasteiger partial charge in [0, 0.05) is 12.1 Å². The number of amides is 2. The molecule has 0 aliphatic heterocycles. The first-order chi connectivity index (χ1) is 14.5. The topological polar surface area (TPSA) is 88.9 Å². The van der Waals surface area contributed by atoms with E-state index in [4.69, 9.17) is 11.6 Å². The number of hydrogen-bond donors (Lipinski definition) is 2. The van der Waals surface area contributed by atoms with Crippen LogP contribution < -0.4 is 10.6 Å². The molecule has 0 spiro atoms. The molecule has 7 nitrogen and oxygen atoms in total. The Morgan fingerprint density at radius 2 is 1.93 bits per heavy atom. The molecular formula is C21H22ClN5O2S. The highest BCUT2D eigenvalue weighted by atomic mass is 35.5. The van der Waals surface area contributed by atoms with E-state index < -0.39 is 0 Å². The standard InChI is InChI=1S/C21H22ClN5O2S/c1-3-27-18(12-23-20(29)15-8-6-7-14(2)11-15)25-26-21(27)30-13-19(28)24-17-10-5-4-9-16(17)22/h4-11H,3,12-13H2,1-2H3,(H,23,29)(H,24,28). The number of carbonyl (C=O) groups excluding carboxylic acids is 2. The van der Waals surface area contributed by atoms with Gasteiger partial charge in [-0.15, -0.1) is 10.2 Å². The number of thioether (sulfide) groups is 1. The summed E-state index contributed by atoms with van der Waals surface area (Å²) in [5, 5.41) is 15.1. The van der Waals surface area contributed by atoms with E-state index in [1.165, 1.54) is 11.8 Å². The number of para-hydroxylation sites is 1. The van der Waals surface area contributed by atoms with Crippen LogP contribution in [0.5, 0.6) is 0 Å². The second-order valence-corrected chi connectivity index (χ2v) is 7.86. The van der Waals surface area contributed by atoms with Gasteiger partial charge in [0.2, 0.25) is 5.91 Å². The van der Waals surface area contributed by atoms with Crippen molar-refractivity contribution in [2.24, 2.45) is 0 Å². The van der Waals surface area contributed by atoms with Crippen LogP contribution in [0.2, 0.25) is 5.02 Å². The molecular weight excluding hydrogens is 422 g/mol. The molecule has 2 aromatic carbocycles. The maximum Gasteiger partial charge on any atom is 0.251 e. The Bertz CT molecular complexity index is 1050. The zero-order valence-electron chi connectivity index (χ0n) is 16.7. The summed E-state index contributed by atoms with van der Waals surface area (Å²) in [4.78, 5) is 24.6. The molecule has 0 radical (unpaired) electrons. The number of halogens is 1. The van der Waals surface area contributed by atoms with Crippen molar-refractivity contribution in [3.05, 3.63) is 70.5 Å². The fraction of sp³-hybridized carbons (Fsp3) is 0.238. The first-order valence-corrected chi connectivity index (χ1v) is 10.8. The molecule has 0 bridgehead atoms. The summed E-state index contributed by atoms with van der Waals surface area (Å²) in [6.45, 7) is 4.77. The van der Waals surface area contributed by atoms with Crippen molar-refractivity contribution in [3.8, 4) is 0 Å². The van der Waals surface area contributed by atoms with Crippen LogP contribution in [0.25, 0.3) is 0 Å². The first kappa shape index (κ1) is 21.9. The molecule has 1 heterocycles. The number of nitrogens with one attached hydrogen (secondary N) is 2. The van der Waals surface area contributed by atoms with Crippen molar-refractivity contribution in [2.75, 3.05) is 11.1 Å². The minimum absolute atomic E-state index is 0.166. The Morgan fingerprint density at radius 1 is 1.13 bits per heavy atom. The fourth-order valence-electron chi connectivity index (χ4n) is 2.80. The van der Waals surface area contributed by atoms with Crippen LogP contribution in [-0.2, 0) is 17.9 Å². The lowest BCUT2D eigenvalue weighted by atomic mass is 10.1. The largest absolute Gasteiger partial charge is 0.345 e. The smallest absolute Gasteiger partial charge is 0.251 e. The summed E-state index contributed by atoms with van der Waals surface area (Å²) in [5.74, 6) is 0.442. The molecule has 0 aliphatic carbocycles. The summed E-state index contributed by atoms with van der Waals surface area (Å²) < 4.78 is 1.88. The molecule has 2 amide bonds. The number of rotatable bonds is 8. The van der Waals surface area contributed by atoms with Gasteiger partial charge < -0.3 is 15.2 Å². The average molecular weight is 444 g/mol. The van der Waals surface area contributed by atoms with E-state index in [-0.39, 0.29) is 24.1 Å². The van der Waals surface area contributed by atoms with Crippen molar-refractivity contribution in [2.45, 2.75) is 32.1 Å². The Balaban J connectivity index is 1.58. The SMILES string of the molecule is CCn1c(CNC(=O)c2cccc(C)c2)nnc1SCC(=O)Nc1ccccc1Cl. The molecule has 0 atom stereocenters. The van der Waals surface area contributed by atoms with Crippen molar-refractivity contribution >= 4 is 40.9 Å². The minimum Gasteiger partial charge on any atom is -0.345 e. The molecule has 30 heavy (non-hydrogen) atoms. The van der Waals surface area contributed by atoms with Gasteiger partial charge in [0.15, 0.2) is 11.0 Å². The van der Waals surface area contributed by atoms with Crippen LogP contribution in [0.1, 0.15) is 28.7 Å². The third-order valence-corrected chi connectivity index (χ3v) is 5.57. The Morgan fingerprint density at radius 3 is 2.67 bits per heavy atom. The Hall–Kier alpha value is -2.84.